The third-order valence-electron chi connectivity index (χ3n) is 5.09. The van der Waals surface area contributed by atoms with Crippen molar-refractivity contribution >= 4 is 45.7 Å². The fourth-order valence-corrected chi connectivity index (χ4v) is 4.62. The van der Waals surface area contributed by atoms with Crippen LogP contribution in [-0.2, 0) is 17.9 Å². The second-order valence-corrected chi connectivity index (χ2v) is 8.67. The first-order chi connectivity index (χ1) is 15.6. The van der Waals surface area contributed by atoms with Crippen molar-refractivity contribution in [3.63, 3.8) is 0 Å². The highest BCUT2D eigenvalue weighted by molar-refractivity contribution is 7.13. The molecule has 1 amide bonds. The van der Waals surface area contributed by atoms with Crippen LogP contribution < -0.4 is 5.32 Å². The molecule has 0 aliphatic heterocycles. The highest BCUT2D eigenvalue weighted by atomic mass is 35.5. The average molecular weight is 463 g/mol. The van der Waals surface area contributed by atoms with E-state index in [1.165, 1.54) is 0 Å². The molecule has 0 radical (unpaired) electrons. The Morgan fingerprint density at radius 3 is 2.81 bits per heavy atom. The number of aromatic nitrogens is 5. The molecule has 4 heterocycles. The third kappa shape index (κ3) is 4.02. The zero-order valence-electron chi connectivity index (χ0n) is 17.2. The summed E-state index contributed by atoms with van der Waals surface area (Å²) in [6, 6.07) is 15.4. The maximum atomic E-state index is 12.7. The molecule has 0 saturated heterocycles. The van der Waals surface area contributed by atoms with Gasteiger partial charge in [0.25, 0.3) is 0 Å². The molecule has 0 fully saturated rings. The Balaban J connectivity index is 1.32. The van der Waals surface area contributed by atoms with E-state index >= 15 is 0 Å². The van der Waals surface area contributed by atoms with E-state index in [9.17, 15) is 4.79 Å². The third-order valence-corrected chi connectivity index (χ3v) is 6.36. The van der Waals surface area contributed by atoms with Crippen LogP contribution in [0.15, 0.2) is 66.3 Å². The Bertz CT molecular complexity index is 1410. The van der Waals surface area contributed by atoms with E-state index in [2.05, 4.69) is 26.6 Å². The summed E-state index contributed by atoms with van der Waals surface area (Å²) in [7, 11) is 0. The Morgan fingerprint density at radius 1 is 1.12 bits per heavy atom. The number of fused-ring (bicyclic) bond motifs is 1. The lowest BCUT2D eigenvalue weighted by Gasteiger charge is -2.05. The number of carbonyl (C=O) groups excluding carboxylic acids is 1. The van der Waals surface area contributed by atoms with E-state index in [-0.39, 0.29) is 12.5 Å². The lowest BCUT2D eigenvalue weighted by atomic mass is 10.1. The van der Waals surface area contributed by atoms with Crippen LogP contribution in [0.3, 0.4) is 0 Å². The van der Waals surface area contributed by atoms with Gasteiger partial charge >= 0.3 is 0 Å². The molecule has 0 spiro atoms. The van der Waals surface area contributed by atoms with Crippen LogP contribution in [0.2, 0.25) is 5.02 Å². The number of pyridine rings is 1. The number of hydrogen-bond donors (Lipinski definition) is 1. The van der Waals surface area contributed by atoms with Crippen LogP contribution in [0.5, 0.6) is 0 Å². The van der Waals surface area contributed by atoms with Crippen molar-refractivity contribution in [3.8, 4) is 10.4 Å². The van der Waals surface area contributed by atoms with E-state index < -0.39 is 0 Å². The number of anilines is 1. The summed E-state index contributed by atoms with van der Waals surface area (Å²) in [5.74, 6) is 0.253. The number of rotatable bonds is 6. The summed E-state index contributed by atoms with van der Waals surface area (Å²) in [6.45, 7) is 2.50. The Kier molecular flexibility index (Phi) is 5.46. The molecule has 5 aromatic rings. The smallest absolute Gasteiger partial charge is 0.247 e. The highest BCUT2D eigenvalue weighted by Gasteiger charge is 2.17. The maximum Gasteiger partial charge on any atom is 0.247 e. The maximum absolute atomic E-state index is 12.7. The lowest BCUT2D eigenvalue weighted by molar-refractivity contribution is -0.116. The number of amides is 1. The SMILES string of the molecule is Cc1nn(CC(=O)Nc2ccn(Cc3ccccc3Cl)n2)c2nccc(-c3cccs3)c12. The van der Waals surface area contributed by atoms with Gasteiger partial charge in [0.15, 0.2) is 11.5 Å². The quantitative estimate of drug-likeness (QED) is 0.385. The number of nitrogens with zero attached hydrogens (tertiary/aromatic N) is 5. The zero-order valence-corrected chi connectivity index (χ0v) is 18.8. The van der Waals surface area contributed by atoms with E-state index in [0.29, 0.717) is 23.0 Å². The van der Waals surface area contributed by atoms with Gasteiger partial charge in [-0.1, -0.05) is 35.9 Å². The Hall–Kier alpha value is -3.49. The van der Waals surface area contributed by atoms with Crippen LogP contribution in [0.1, 0.15) is 11.3 Å². The second kappa shape index (κ2) is 8.57. The van der Waals surface area contributed by atoms with Gasteiger partial charge in [-0.15, -0.1) is 11.3 Å². The van der Waals surface area contributed by atoms with Gasteiger partial charge in [-0.3, -0.25) is 9.48 Å². The largest absolute Gasteiger partial charge is 0.308 e. The number of thiophene rings is 1. The number of halogens is 1. The van der Waals surface area contributed by atoms with Gasteiger partial charge in [-0.05, 0) is 36.1 Å². The van der Waals surface area contributed by atoms with Gasteiger partial charge in [0.05, 0.1) is 17.6 Å². The topological polar surface area (TPSA) is 77.6 Å². The molecule has 0 saturated carbocycles. The standard InChI is InChI=1S/C23H19ClN6OS/c1-15-22-17(19-7-4-12-32-19)8-10-25-23(22)30(27-15)14-21(31)26-20-9-11-29(28-20)13-16-5-2-3-6-18(16)24/h2-12H,13-14H2,1H3,(H,26,28,31). The van der Waals surface area contributed by atoms with E-state index in [0.717, 1.165) is 27.1 Å². The first kappa shape index (κ1) is 20.4. The van der Waals surface area contributed by atoms with Crippen molar-refractivity contribution in [2.75, 3.05) is 5.32 Å². The van der Waals surface area contributed by atoms with Gasteiger partial charge in [-0.2, -0.15) is 10.2 Å². The predicted molar refractivity (Wildman–Crippen MR) is 127 cm³/mol. The molecule has 1 aromatic carbocycles. The fourth-order valence-electron chi connectivity index (χ4n) is 3.66. The minimum atomic E-state index is -0.222. The van der Waals surface area contributed by atoms with Crippen LogP contribution in [0.4, 0.5) is 5.82 Å². The Labute approximate surface area is 193 Å². The molecular formula is C23H19ClN6OS. The van der Waals surface area contributed by atoms with Crippen molar-refractivity contribution in [1.29, 1.82) is 0 Å². The number of benzene rings is 1. The molecule has 0 atom stereocenters. The van der Waals surface area contributed by atoms with Crippen molar-refractivity contribution in [1.82, 2.24) is 24.5 Å². The summed E-state index contributed by atoms with van der Waals surface area (Å²) in [5.41, 5.74) is 3.56. The first-order valence-corrected chi connectivity index (χ1v) is 11.3. The number of nitrogens with one attached hydrogen (secondary N) is 1. The van der Waals surface area contributed by atoms with Crippen molar-refractivity contribution in [3.05, 3.63) is 82.6 Å². The molecule has 0 unspecified atom stereocenters. The van der Waals surface area contributed by atoms with Crippen LogP contribution in [-0.4, -0.2) is 30.5 Å². The number of aryl methyl sites for hydroxylation is 1. The molecule has 32 heavy (non-hydrogen) atoms. The molecule has 5 rings (SSSR count). The molecule has 9 heteroatoms. The van der Waals surface area contributed by atoms with Gasteiger partial charge in [0.2, 0.25) is 5.91 Å². The summed E-state index contributed by atoms with van der Waals surface area (Å²) in [4.78, 5) is 18.3. The summed E-state index contributed by atoms with van der Waals surface area (Å²) < 4.78 is 3.37. The lowest BCUT2D eigenvalue weighted by Crippen LogP contribution is -2.20. The minimum absolute atomic E-state index is 0.0443. The minimum Gasteiger partial charge on any atom is -0.308 e. The van der Waals surface area contributed by atoms with Crippen molar-refractivity contribution < 1.29 is 4.79 Å². The molecule has 160 valence electrons. The molecule has 7 nitrogen and oxygen atoms in total. The van der Waals surface area contributed by atoms with Gasteiger partial charge in [-0.25, -0.2) is 9.67 Å². The summed E-state index contributed by atoms with van der Waals surface area (Å²) in [5, 5.41) is 15.5. The predicted octanol–water partition coefficient (Wildman–Crippen LogP) is 5.01. The molecule has 0 aliphatic carbocycles. The van der Waals surface area contributed by atoms with Crippen LogP contribution >= 0.6 is 22.9 Å². The second-order valence-electron chi connectivity index (χ2n) is 7.32. The van der Waals surface area contributed by atoms with E-state index in [1.807, 2.05) is 48.7 Å². The van der Waals surface area contributed by atoms with Crippen molar-refractivity contribution in [2.24, 2.45) is 0 Å². The summed E-state index contributed by atoms with van der Waals surface area (Å²) in [6.07, 6.45) is 3.56. The van der Waals surface area contributed by atoms with Crippen LogP contribution in [0.25, 0.3) is 21.5 Å². The molecule has 1 N–H and O–H groups in total. The molecule has 4 aromatic heterocycles. The van der Waals surface area contributed by atoms with Gasteiger partial charge in [0.1, 0.15) is 6.54 Å². The first-order valence-electron chi connectivity index (χ1n) is 10.0. The Morgan fingerprint density at radius 2 is 2.00 bits per heavy atom. The molecule has 0 bridgehead atoms. The van der Waals surface area contributed by atoms with Gasteiger partial charge in [0, 0.05) is 33.9 Å². The summed E-state index contributed by atoms with van der Waals surface area (Å²) >= 11 is 7.89. The van der Waals surface area contributed by atoms with E-state index in [1.54, 1.807) is 39.2 Å². The van der Waals surface area contributed by atoms with Crippen molar-refractivity contribution in [2.45, 2.75) is 20.0 Å². The average Bonchev–Trinajstić information content (AvgIpc) is 3.52. The van der Waals surface area contributed by atoms with Crippen LogP contribution in [0, 0.1) is 6.92 Å². The van der Waals surface area contributed by atoms with Gasteiger partial charge < -0.3 is 5.32 Å². The fraction of sp³-hybridized carbons (Fsp3) is 0.130. The highest BCUT2D eigenvalue weighted by Crippen LogP contribution is 2.32. The molecular weight excluding hydrogens is 444 g/mol. The zero-order chi connectivity index (χ0) is 22.1. The monoisotopic (exact) mass is 462 g/mol. The van der Waals surface area contributed by atoms with E-state index in [4.69, 9.17) is 11.6 Å². The normalized spacial score (nSPS) is 11.2. The number of carbonyl (C=O) groups is 1. The number of hydrogen-bond acceptors (Lipinski definition) is 5. The molecule has 0 aliphatic rings.